The van der Waals surface area contributed by atoms with Crippen molar-refractivity contribution in [3.8, 4) is 0 Å². The number of para-hydroxylation sites is 1. The number of carbonyl (C=O) groups excluding carboxylic acids is 4. The van der Waals surface area contributed by atoms with Crippen molar-refractivity contribution in [2.75, 3.05) is 18.5 Å². The molecule has 12 heteroatoms. The maximum atomic E-state index is 13.0. The predicted octanol–water partition coefficient (Wildman–Crippen LogP) is 3.03. The van der Waals surface area contributed by atoms with Crippen LogP contribution in [-0.4, -0.2) is 41.9 Å². The van der Waals surface area contributed by atoms with E-state index in [0.29, 0.717) is 5.02 Å². The molecule has 0 bridgehead atoms. The van der Waals surface area contributed by atoms with E-state index >= 15 is 0 Å². The van der Waals surface area contributed by atoms with Gasteiger partial charge in [0.2, 0.25) is 5.91 Å². The van der Waals surface area contributed by atoms with Crippen molar-refractivity contribution in [2.45, 2.75) is 12.6 Å². The molecule has 0 radical (unpaired) electrons. The van der Waals surface area contributed by atoms with Crippen LogP contribution in [0.25, 0.3) is 0 Å². The van der Waals surface area contributed by atoms with Gasteiger partial charge >= 0.3 is 12.1 Å². The number of nitrogens with one attached hydrogen (secondary N) is 2. The lowest BCUT2D eigenvalue weighted by Crippen LogP contribution is -2.43. The second kappa shape index (κ2) is 9.90. The number of hydrogen-bond donors (Lipinski definition) is 2. The highest BCUT2D eigenvalue weighted by Crippen LogP contribution is 2.34. The summed E-state index contributed by atoms with van der Waals surface area (Å²) in [6.45, 7) is -1.03. The number of rotatable bonds is 6. The smallest absolute Gasteiger partial charge is 0.418 e. The fourth-order valence-electron chi connectivity index (χ4n) is 3.04. The summed E-state index contributed by atoms with van der Waals surface area (Å²) in [5.74, 6) is -3.96. The van der Waals surface area contributed by atoms with Gasteiger partial charge in [-0.05, 0) is 36.4 Å². The summed E-state index contributed by atoms with van der Waals surface area (Å²) in [7, 11) is 0. The van der Waals surface area contributed by atoms with Gasteiger partial charge in [0.05, 0.1) is 23.7 Å². The Labute approximate surface area is 190 Å². The topological polar surface area (TPSA) is 105 Å². The highest BCUT2D eigenvalue weighted by molar-refractivity contribution is 6.30. The first-order chi connectivity index (χ1) is 15.5. The highest BCUT2D eigenvalue weighted by Gasteiger charge is 2.37. The van der Waals surface area contributed by atoms with Crippen molar-refractivity contribution in [2.24, 2.45) is 5.92 Å². The number of benzene rings is 2. The van der Waals surface area contributed by atoms with E-state index in [1.54, 1.807) is 0 Å². The first-order valence-electron chi connectivity index (χ1n) is 9.54. The Morgan fingerprint density at radius 3 is 2.42 bits per heavy atom. The molecule has 1 heterocycles. The van der Waals surface area contributed by atoms with Crippen molar-refractivity contribution in [1.29, 1.82) is 0 Å². The Morgan fingerprint density at radius 2 is 1.76 bits per heavy atom. The van der Waals surface area contributed by atoms with Gasteiger partial charge in [-0.25, -0.2) is 0 Å². The van der Waals surface area contributed by atoms with Crippen LogP contribution in [0.2, 0.25) is 5.02 Å². The number of hydrogen-bond acceptors (Lipinski definition) is 5. The first kappa shape index (κ1) is 24.1. The van der Waals surface area contributed by atoms with E-state index in [1.165, 1.54) is 36.4 Å². The number of hydrazine groups is 1. The molecule has 1 atom stereocenters. The van der Waals surface area contributed by atoms with Gasteiger partial charge in [0.15, 0.2) is 6.61 Å². The second-order valence-corrected chi connectivity index (χ2v) is 7.49. The Balaban J connectivity index is 1.51. The fourth-order valence-corrected chi connectivity index (χ4v) is 3.17. The Bertz CT molecular complexity index is 1080. The number of esters is 1. The molecule has 1 saturated heterocycles. The van der Waals surface area contributed by atoms with Crippen LogP contribution in [0, 0.1) is 5.92 Å². The Morgan fingerprint density at radius 1 is 1.09 bits per heavy atom. The molecule has 0 spiro atoms. The van der Waals surface area contributed by atoms with E-state index in [1.807, 2.05) is 5.32 Å². The molecule has 2 N–H and O–H groups in total. The molecular weight excluding hydrogens is 467 g/mol. The molecule has 8 nitrogen and oxygen atoms in total. The number of alkyl halides is 3. The SMILES string of the molecule is O=C(COC(=O)[C@H]1CC(=O)N(NC(=O)c2ccc(Cl)cc2)C1)Nc1ccccc1C(F)(F)F. The van der Waals surface area contributed by atoms with Gasteiger partial charge in [-0.2, -0.15) is 13.2 Å². The van der Waals surface area contributed by atoms with Crippen LogP contribution >= 0.6 is 11.6 Å². The lowest BCUT2D eigenvalue weighted by Gasteiger charge is -2.17. The lowest BCUT2D eigenvalue weighted by molar-refractivity contribution is -0.151. The summed E-state index contributed by atoms with van der Waals surface area (Å²) in [6, 6.07) is 10.3. The van der Waals surface area contributed by atoms with Crippen molar-refractivity contribution in [3.63, 3.8) is 0 Å². The highest BCUT2D eigenvalue weighted by atomic mass is 35.5. The minimum absolute atomic E-state index is 0.185. The zero-order valence-corrected chi connectivity index (χ0v) is 17.6. The summed E-state index contributed by atoms with van der Waals surface area (Å²) >= 11 is 5.76. The number of carbonyl (C=O) groups is 4. The lowest BCUT2D eigenvalue weighted by atomic mass is 10.1. The van der Waals surface area contributed by atoms with Crippen LogP contribution < -0.4 is 10.7 Å². The number of halogens is 4. The maximum absolute atomic E-state index is 13.0. The summed E-state index contributed by atoms with van der Waals surface area (Å²) in [6.07, 6.45) is -4.94. The molecule has 0 aliphatic carbocycles. The summed E-state index contributed by atoms with van der Waals surface area (Å²) < 4.78 is 43.8. The van der Waals surface area contributed by atoms with Crippen LogP contribution in [0.1, 0.15) is 22.3 Å². The van der Waals surface area contributed by atoms with Crippen LogP contribution in [0.4, 0.5) is 18.9 Å². The zero-order valence-electron chi connectivity index (χ0n) is 16.8. The monoisotopic (exact) mass is 483 g/mol. The number of nitrogens with zero attached hydrogens (tertiary/aromatic N) is 1. The van der Waals surface area contributed by atoms with E-state index in [2.05, 4.69) is 5.43 Å². The number of anilines is 1. The first-order valence-corrected chi connectivity index (χ1v) is 9.92. The number of ether oxygens (including phenoxy) is 1. The average Bonchev–Trinajstić information content (AvgIpc) is 3.12. The predicted molar refractivity (Wildman–Crippen MR) is 110 cm³/mol. The zero-order chi connectivity index (χ0) is 24.2. The average molecular weight is 484 g/mol. The van der Waals surface area contributed by atoms with Crippen molar-refractivity contribution >= 4 is 41.0 Å². The Hall–Kier alpha value is -3.60. The molecule has 3 amide bonds. The molecule has 1 aliphatic heterocycles. The fraction of sp³-hybridized carbons (Fsp3) is 0.238. The van der Waals surface area contributed by atoms with Gasteiger partial charge in [0, 0.05) is 17.0 Å². The summed E-state index contributed by atoms with van der Waals surface area (Å²) in [4.78, 5) is 48.5. The molecule has 3 rings (SSSR count). The van der Waals surface area contributed by atoms with Crippen LogP contribution in [0.3, 0.4) is 0 Å². The van der Waals surface area contributed by atoms with Crippen molar-refractivity contribution in [1.82, 2.24) is 10.4 Å². The molecule has 174 valence electrons. The molecule has 0 unspecified atom stereocenters. The molecule has 1 fully saturated rings. The van der Waals surface area contributed by atoms with Crippen molar-refractivity contribution in [3.05, 3.63) is 64.7 Å². The minimum Gasteiger partial charge on any atom is -0.455 e. The van der Waals surface area contributed by atoms with E-state index in [0.717, 1.165) is 17.1 Å². The molecule has 33 heavy (non-hydrogen) atoms. The summed E-state index contributed by atoms with van der Waals surface area (Å²) in [5.41, 5.74) is 1.10. The third-order valence-corrected chi connectivity index (χ3v) is 4.91. The van der Waals surface area contributed by atoms with Gasteiger partial charge in [-0.1, -0.05) is 23.7 Å². The van der Waals surface area contributed by atoms with Gasteiger partial charge < -0.3 is 10.1 Å². The van der Waals surface area contributed by atoms with Gasteiger partial charge in [0.1, 0.15) is 0 Å². The normalized spacial score (nSPS) is 15.8. The van der Waals surface area contributed by atoms with Crippen molar-refractivity contribution < 1.29 is 37.1 Å². The van der Waals surface area contributed by atoms with Gasteiger partial charge in [0.25, 0.3) is 11.8 Å². The standard InChI is InChI=1S/C21H17ClF3N3O5/c22-14-7-5-12(6-8-14)19(31)27-28-10-13(9-18(28)30)20(32)33-11-17(29)26-16-4-2-1-3-15(16)21(23,24)25/h1-8,13H,9-11H2,(H,26,29)(H,27,31)/t13-/m0/s1. The third kappa shape index (κ3) is 6.22. The largest absolute Gasteiger partial charge is 0.455 e. The van der Waals surface area contributed by atoms with Crippen LogP contribution in [0.5, 0.6) is 0 Å². The van der Waals surface area contributed by atoms with Gasteiger partial charge in [-0.15, -0.1) is 0 Å². The molecule has 0 aromatic heterocycles. The minimum atomic E-state index is -4.68. The quantitative estimate of drug-likeness (QED) is 0.615. The van der Waals surface area contributed by atoms with E-state index < -0.39 is 53.6 Å². The molecule has 1 aliphatic rings. The Kier molecular flexibility index (Phi) is 7.22. The van der Waals surface area contributed by atoms with Crippen LogP contribution in [-0.2, 0) is 25.3 Å². The number of amides is 3. The van der Waals surface area contributed by atoms with Crippen LogP contribution in [0.15, 0.2) is 48.5 Å². The molecule has 2 aromatic carbocycles. The van der Waals surface area contributed by atoms with E-state index in [-0.39, 0.29) is 18.5 Å². The molecular formula is C21H17ClF3N3O5. The molecule has 0 saturated carbocycles. The second-order valence-electron chi connectivity index (χ2n) is 7.05. The summed E-state index contributed by atoms with van der Waals surface area (Å²) in [5, 5.41) is 3.44. The van der Waals surface area contributed by atoms with Gasteiger partial charge in [-0.3, -0.25) is 29.6 Å². The van der Waals surface area contributed by atoms with E-state index in [9.17, 15) is 32.3 Å². The third-order valence-electron chi connectivity index (χ3n) is 4.65. The molecule has 2 aromatic rings. The maximum Gasteiger partial charge on any atom is 0.418 e. The van der Waals surface area contributed by atoms with E-state index in [4.69, 9.17) is 16.3 Å².